The van der Waals surface area contributed by atoms with Gasteiger partial charge < -0.3 is 0 Å². The highest BCUT2D eigenvalue weighted by atomic mass is 79.9. The predicted octanol–water partition coefficient (Wildman–Crippen LogP) is 4.23. The number of hydrogen-bond acceptors (Lipinski definition) is 1. The Morgan fingerprint density at radius 3 is 3.00 bits per heavy atom. The standard InChI is InChI=1S/C12H15BrClN/c13-11(9-4-5-9)3-1-2-10-6-7-15-8-12(10)14/h6-9,11H,1-5H2. The molecule has 3 heteroatoms. The van der Waals surface area contributed by atoms with Gasteiger partial charge in [-0.1, -0.05) is 27.5 Å². The maximum absolute atomic E-state index is 6.04. The van der Waals surface area contributed by atoms with Crippen molar-refractivity contribution in [3.05, 3.63) is 29.0 Å². The normalized spacial score (nSPS) is 17.7. The van der Waals surface area contributed by atoms with E-state index in [-0.39, 0.29) is 0 Å². The van der Waals surface area contributed by atoms with Gasteiger partial charge in [0.1, 0.15) is 0 Å². The summed E-state index contributed by atoms with van der Waals surface area (Å²) in [6.07, 6.45) is 9.88. The molecule has 2 rings (SSSR count). The number of rotatable bonds is 5. The average Bonchev–Trinajstić information content (AvgIpc) is 3.04. The minimum Gasteiger partial charge on any atom is -0.263 e. The van der Waals surface area contributed by atoms with Crippen molar-refractivity contribution in [2.45, 2.75) is 36.9 Å². The second kappa shape index (κ2) is 5.31. The summed E-state index contributed by atoms with van der Waals surface area (Å²) in [4.78, 5) is 4.71. The van der Waals surface area contributed by atoms with Gasteiger partial charge in [-0.15, -0.1) is 0 Å². The molecule has 1 aliphatic rings. The van der Waals surface area contributed by atoms with Crippen molar-refractivity contribution in [3.8, 4) is 0 Å². The maximum Gasteiger partial charge on any atom is 0.0621 e. The van der Waals surface area contributed by atoms with Crippen LogP contribution in [0.1, 0.15) is 31.2 Å². The SMILES string of the molecule is Clc1cnccc1CCCC(Br)C1CC1. The molecule has 15 heavy (non-hydrogen) atoms. The van der Waals surface area contributed by atoms with Crippen molar-refractivity contribution < 1.29 is 0 Å². The molecule has 0 N–H and O–H groups in total. The van der Waals surface area contributed by atoms with E-state index in [1.807, 2.05) is 12.3 Å². The Balaban J connectivity index is 1.75. The fourth-order valence-electron chi connectivity index (χ4n) is 1.79. The van der Waals surface area contributed by atoms with E-state index in [0.717, 1.165) is 22.2 Å². The second-order valence-corrected chi connectivity index (χ2v) is 5.80. The molecule has 1 fully saturated rings. The maximum atomic E-state index is 6.04. The molecular formula is C12H15BrClN. The summed E-state index contributed by atoms with van der Waals surface area (Å²) in [5.41, 5.74) is 1.22. The molecule has 0 aromatic carbocycles. The number of alkyl halides is 1. The minimum atomic E-state index is 0.720. The summed E-state index contributed by atoms with van der Waals surface area (Å²) in [6, 6.07) is 2.02. The average molecular weight is 289 g/mol. The largest absolute Gasteiger partial charge is 0.263 e. The highest BCUT2D eigenvalue weighted by Crippen LogP contribution is 2.38. The second-order valence-electron chi connectivity index (χ2n) is 4.21. The summed E-state index contributed by atoms with van der Waals surface area (Å²) in [6.45, 7) is 0. The van der Waals surface area contributed by atoms with Crippen molar-refractivity contribution in [1.82, 2.24) is 4.98 Å². The van der Waals surface area contributed by atoms with Crippen LogP contribution in [0.5, 0.6) is 0 Å². The van der Waals surface area contributed by atoms with Gasteiger partial charge in [0.05, 0.1) is 5.02 Å². The molecule has 82 valence electrons. The van der Waals surface area contributed by atoms with Crippen molar-refractivity contribution in [3.63, 3.8) is 0 Å². The molecule has 1 atom stereocenters. The lowest BCUT2D eigenvalue weighted by atomic mass is 10.1. The zero-order chi connectivity index (χ0) is 10.7. The minimum absolute atomic E-state index is 0.720. The van der Waals surface area contributed by atoms with Crippen molar-refractivity contribution in [2.24, 2.45) is 5.92 Å². The zero-order valence-corrected chi connectivity index (χ0v) is 11.0. The Morgan fingerprint density at radius 2 is 2.33 bits per heavy atom. The van der Waals surface area contributed by atoms with Crippen molar-refractivity contribution >= 4 is 27.5 Å². The molecule has 0 amide bonds. The van der Waals surface area contributed by atoms with E-state index in [4.69, 9.17) is 11.6 Å². The van der Waals surface area contributed by atoms with Gasteiger partial charge >= 0.3 is 0 Å². The van der Waals surface area contributed by atoms with Crippen molar-refractivity contribution in [2.75, 3.05) is 0 Å². The number of pyridine rings is 1. The van der Waals surface area contributed by atoms with Crippen LogP contribution in [0.25, 0.3) is 0 Å². The molecule has 0 spiro atoms. The topological polar surface area (TPSA) is 12.9 Å². The first kappa shape index (κ1) is 11.4. The van der Waals surface area contributed by atoms with Gasteiger partial charge in [0.2, 0.25) is 0 Å². The smallest absolute Gasteiger partial charge is 0.0621 e. The lowest BCUT2D eigenvalue weighted by Crippen LogP contribution is -2.01. The molecule has 0 radical (unpaired) electrons. The number of aryl methyl sites for hydroxylation is 1. The van der Waals surface area contributed by atoms with Gasteiger partial charge in [0.25, 0.3) is 0 Å². The molecular weight excluding hydrogens is 273 g/mol. The Bertz CT molecular complexity index is 325. The molecule has 1 aromatic rings. The van der Waals surface area contributed by atoms with Crippen LogP contribution in [0, 0.1) is 5.92 Å². The number of aromatic nitrogens is 1. The molecule has 0 saturated heterocycles. The lowest BCUT2D eigenvalue weighted by Gasteiger charge is -2.08. The van der Waals surface area contributed by atoms with Crippen LogP contribution in [0.15, 0.2) is 18.5 Å². The van der Waals surface area contributed by atoms with Gasteiger partial charge in [-0.25, -0.2) is 0 Å². The van der Waals surface area contributed by atoms with Crippen LogP contribution in [-0.2, 0) is 6.42 Å². The first-order chi connectivity index (χ1) is 7.27. The third kappa shape index (κ3) is 3.46. The summed E-state index contributed by atoms with van der Waals surface area (Å²) in [7, 11) is 0. The van der Waals surface area contributed by atoms with E-state index in [9.17, 15) is 0 Å². The molecule has 1 unspecified atom stereocenters. The first-order valence-electron chi connectivity index (χ1n) is 5.50. The molecule has 1 heterocycles. The van der Waals surface area contributed by atoms with Crippen LogP contribution in [0.3, 0.4) is 0 Å². The van der Waals surface area contributed by atoms with E-state index in [1.54, 1.807) is 6.20 Å². The van der Waals surface area contributed by atoms with E-state index in [2.05, 4.69) is 20.9 Å². The van der Waals surface area contributed by atoms with Crippen LogP contribution in [-0.4, -0.2) is 9.81 Å². The van der Waals surface area contributed by atoms with Gasteiger partial charge in [-0.3, -0.25) is 4.98 Å². The van der Waals surface area contributed by atoms with Gasteiger partial charge in [-0.05, 0) is 49.7 Å². The Hall–Kier alpha value is -0.0800. The molecule has 1 saturated carbocycles. The Labute approximate surface area is 104 Å². The number of hydrogen-bond donors (Lipinski definition) is 0. The molecule has 1 aromatic heterocycles. The van der Waals surface area contributed by atoms with E-state index in [1.165, 1.54) is 31.2 Å². The van der Waals surface area contributed by atoms with Gasteiger partial charge in [-0.2, -0.15) is 0 Å². The van der Waals surface area contributed by atoms with Crippen LogP contribution < -0.4 is 0 Å². The zero-order valence-electron chi connectivity index (χ0n) is 8.63. The molecule has 0 aliphatic heterocycles. The number of halogens is 2. The predicted molar refractivity (Wildman–Crippen MR) is 67.6 cm³/mol. The highest BCUT2D eigenvalue weighted by molar-refractivity contribution is 9.09. The quantitative estimate of drug-likeness (QED) is 0.739. The summed E-state index contributed by atoms with van der Waals surface area (Å²) >= 11 is 9.79. The van der Waals surface area contributed by atoms with Gasteiger partial charge in [0, 0.05) is 17.2 Å². The monoisotopic (exact) mass is 287 g/mol. The fourth-order valence-corrected chi connectivity index (χ4v) is 2.85. The van der Waals surface area contributed by atoms with E-state index < -0.39 is 0 Å². The fraction of sp³-hybridized carbons (Fsp3) is 0.583. The first-order valence-corrected chi connectivity index (χ1v) is 6.79. The Morgan fingerprint density at radius 1 is 1.53 bits per heavy atom. The Kier molecular flexibility index (Phi) is 4.04. The van der Waals surface area contributed by atoms with Crippen LogP contribution >= 0.6 is 27.5 Å². The molecule has 0 bridgehead atoms. The third-order valence-corrected chi connectivity index (χ3v) is 4.46. The van der Waals surface area contributed by atoms with E-state index >= 15 is 0 Å². The lowest BCUT2D eigenvalue weighted by molar-refractivity contribution is 0.653. The third-order valence-electron chi connectivity index (χ3n) is 2.92. The number of nitrogens with zero attached hydrogens (tertiary/aromatic N) is 1. The molecule has 1 aliphatic carbocycles. The summed E-state index contributed by atoms with van der Waals surface area (Å²) < 4.78 is 0. The van der Waals surface area contributed by atoms with Crippen molar-refractivity contribution in [1.29, 1.82) is 0 Å². The van der Waals surface area contributed by atoms with Crippen LogP contribution in [0.2, 0.25) is 5.02 Å². The molecule has 1 nitrogen and oxygen atoms in total. The highest BCUT2D eigenvalue weighted by Gasteiger charge is 2.28. The summed E-state index contributed by atoms with van der Waals surface area (Å²) in [5, 5.41) is 0.801. The van der Waals surface area contributed by atoms with E-state index in [0.29, 0.717) is 0 Å². The van der Waals surface area contributed by atoms with Crippen LogP contribution in [0.4, 0.5) is 0 Å². The summed E-state index contributed by atoms with van der Waals surface area (Å²) in [5.74, 6) is 0.943. The van der Waals surface area contributed by atoms with Gasteiger partial charge in [0.15, 0.2) is 0 Å².